The summed E-state index contributed by atoms with van der Waals surface area (Å²) in [4.78, 5) is 0. The van der Waals surface area contributed by atoms with E-state index in [9.17, 15) is 0 Å². The van der Waals surface area contributed by atoms with Gasteiger partial charge >= 0.3 is 0 Å². The van der Waals surface area contributed by atoms with Crippen molar-refractivity contribution in [2.45, 2.75) is 65.5 Å². The van der Waals surface area contributed by atoms with Crippen LogP contribution in [0.4, 0.5) is 0 Å². The Balaban J connectivity index is 2.10. The highest BCUT2D eigenvalue weighted by atomic mass is 16.5. The molecule has 1 aromatic rings. The summed E-state index contributed by atoms with van der Waals surface area (Å²) in [5.41, 5.74) is 5.69. The van der Waals surface area contributed by atoms with E-state index in [0.717, 1.165) is 13.2 Å². The number of aryl methyl sites for hydroxylation is 3. The van der Waals surface area contributed by atoms with Gasteiger partial charge in [-0.15, -0.1) is 0 Å². The van der Waals surface area contributed by atoms with Crippen molar-refractivity contribution in [3.05, 3.63) is 34.4 Å². The molecule has 0 aliphatic carbocycles. The maximum Gasteiger partial charge on any atom is 0.0576 e. The Labute approximate surface area is 123 Å². The second-order valence-electron chi connectivity index (χ2n) is 6.14. The molecule has 0 amide bonds. The Morgan fingerprint density at radius 3 is 2.50 bits per heavy atom. The average Bonchev–Trinajstić information content (AvgIpc) is 2.87. The molecule has 1 aliphatic heterocycles. The van der Waals surface area contributed by atoms with Gasteiger partial charge in [-0.2, -0.15) is 0 Å². The van der Waals surface area contributed by atoms with Gasteiger partial charge < -0.3 is 10.1 Å². The largest absolute Gasteiger partial charge is 0.378 e. The van der Waals surface area contributed by atoms with Crippen molar-refractivity contribution in [3.8, 4) is 0 Å². The third-order valence-electron chi connectivity index (χ3n) is 4.34. The van der Waals surface area contributed by atoms with Crippen LogP contribution in [-0.4, -0.2) is 19.3 Å². The van der Waals surface area contributed by atoms with Crippen LogP contribution in [0.1, 0.15) is 60.9 Å². The van der Waals surface area contributed by atoms with E-state index >= 15 is 0 Å². The van der Waals surface area contributed by atoms with Crippen LogP contribution in [0.2, 0.25) is 0 Å². The Morgan fingerprint density at radius 2 is 1.95 bits per heavy atom. The van der Waals surface area contributed by atoms with E-state index in [1.54, 1.807) is 0 Å². The van der Waals surface area contributed by atoms with Crippen LogP contribution in [0.5, 0.6) is 0 Å². The molecule has 2 heteroatoms. The monoisotopic (exact) mass is 275 g/mol. The minimum Gasteiger partial charge on any atom is -0.378 e. The van der Waals surface area contributed by atoms with Gasteiger partial charge in [-0.25, -0.2) is 0 Å². The molecule has 2 unspecified atom stereocenters. The Hall–Kier alpha value is -0.860. The average molecular weight is 275 g/mol. The van der Waals surface area contributed by atoms with Gasteiger partial charge in [0, 0.05) is 12.6 Å². The molecule has 2 rings (SSSR count). The minimum atomic E-state index is 0.463. The number of hydrogen-bond acceptors (Lipinski definition) is 2. The van der Waals surface area contributed by atoms with Crippen molar-refractivity contribution in [2.24, 2.45) is 0 Å². The molecule has 1 N–H and O–H groups in total. The Bertz CT molecular complexity index is 412. The van der Waals surface area contributed by atoms with E-state index in [-0.39, 0.29) is 0 Å². The number of rotatable bonds is 6. The van der Waals surface area contributed by atoms with Gasteiger partial charge in [0.25, 0.3) is 0 Å². The molecule has 1 saturated heterocycles. The summed E-state index contributed by atoms with van der Waals surface area (Å²) >= 11 is 0. The number of benzene rings is 1. The highest BCUT2D eigenvalue weighted by Gasteiger charge is 2.20. The molecule has 1 heterocycles. The van der Waals surface area contributed by atoms with Crippen LogP contribution in [0, 0.1) is 20.8 Å². The molecular weight excluding hydrogens is 246 g/mol. The lowest BCUT2D eigenvalue weighted by atomic mass is 9.90. The van der Waals surface area contributed by atoms with Crippen LogP contribution in [0.15, 0.2) is 12.1 Å². The quantitative estimate of drug-likeness (QED) is 0.839. The molecule has 0 radical (unpaired) electrons. The number of ether oxygens (including phenoxy) is 1. The van der Waals surface area contributed by atoms with E-state index in [0.29, 0.717) is 12.1 Å². The second kappa shape index (κ2) is 7.24. The molecule has 20 heavy (non-hydrogen) atoms. The highest BCUT2D eigenvalue weighted by Crippen LogP contribution is 2.29. The fourth-order valence-electron chi connectivity index (χ4n) is 3.56. The highest BCUT2D eigenvalue weighted by molar-refractivity contribution is 5.39. The normalized spacial score (nSPS) is 20.3. The van der Waals surface area contributed by atoms with E-state index in [1.807, 2.05) is 0 Å². The van der Waals surface area contributed by atoms with Crippen molar-refractivity contribution < 1.29 is 4.74 Å². The Morgan fingerprint density at radius 1 is 1.25 bits per heavy atom. The van der Waals surface area contributed by atoms with E-state index in [4.69, 9.17) is 4.74 Å². The summed E-state index contributed by atoms with van der Waals surface area (Å²) in [7, 11) is 0. The van der Waals surface area contributed by atoms with Crippen molar-refractivity contribution >= 4 is 0 Å². The standard InChI is InChI=1S/C18H29NO/c1-5-19-17(9-8-16-7-6-10-20-16)18-14(3)11-13(2)12-15(18)4/h11-12,16-17,19H,5-10H2,1-4H3. The zero-order chi connectivity index (χ0) is 14.5. The predicted molar refractivity (Wildman–Crippen MR) is 85.3 cm³/mol. The first-order valence-corrected chi connectivity index (χ1v) is 8.04. The van der Waals surface area contributed by atoms with Crippen LogP contribution in [0.3, 0.4) is 0 Å². The van der Waals surface area contributed by atoms with Gasteiger partial charge in [0.05, 0.1) is 6.10 Å². The van der Waals surface area contributed by atoms with Crippen molar-refractivity contribution in [1.29, 1.82) is 0 Å². The first-order valence-electron chi connectivity index (χ1n) is 8.04. The zero-order valence-corrected chi connectivity index (χ0v) is 13.5. The smallest absolute Gasteiger partial charge is 0.0576 e. The first kappa shape index (κ1) is 15.5. The molecule has 1 aliphatic rings. The molecule has 2 atom stereocenters. The van der Waals surface area contributed by atoms with E-state index in [2.05, 4.69) is 45.1 Å². The lowest BCUT2D eigenvalue weighted by Gasteiger charge is -2.24. The van der Waals surface area contributed by atoms with Gasteiger partial charge in [-0.1, -0.05) is 24.6 Å². The van der Waals surface area contributed by atoms with Crippen LogP contribution in [0.25, 0.3) is 0 Å². The fourth-order valence-corrected chi connectivity index (χ4v) is 3.56. The molecule has 1 aromatic carbocycles. The SMILES string of the molecule is CCNC(CCC1CCCO1)c1c(C)cc(C)cc1C. The van der Waals surface area contributed by atoms with Crippen LogP contribution < -0.4 is 5.32 Å². The van der Waals surface area contributed by atoms with Gasteiger partial charge in [0.1, 0.15) is 0 Å². The van der Waals surface area contributed by atoms with E-state index in [1.165, 1.54) is 47.9 Å². The third kappa shape index (κ3) is 3.83. The maximum absolute atomic E-state index is 5.77. The Kier molecular flexibility index (Phi) is 5.62. The maximum atomic E-state index is 5.77. The number of hydrogen-bond donors (Lipinski definition) is 1. The topological polar surface area (TPSA) is 21.3 Å². The molecule has 0 bridgehead atoms. The molecule has 0 spiro atoms. The zero-order valence-electron chi connectivity index (χ0n) is 13.5. The molecule has 2 nitrogen and oxygen atoms in total. The molecule has 112 valence electrons. The number of nitrogens with one attached hydrogen (secondary N) is 1. The molecule has 0 aromatic heterocycles. The molecule has 0 saturated carbocycles. The van der Waals surface area contributed by atoms with Gasteiger partial charge in [0.2, 0.25) is 0 Å². The molecule has 1 fully saturated rings. The third-order valence-corrected chi connectivity index (χ3v) is 4.34. The summed E-state index contributed by atoms with van der Waals surface area (Å²) in [5, 5.41) is 3.67. The van der Waals surface area contributed by atoms with Gasteiger partial charge in [0.15, 0.2) is 0 Å². The molecular formula is C18H29NO. The second-order valence-corrected chi connectivity index (χ2v) is 6.14. The van der Waals surface area contributed by atoms with Gasteiger partial charge in [-0.05, 0) is 69.7 Å². The summed E-state index contributed by atoms with van der Waals surface area (Å²) < 4.78 is 5.77. The minimum absolute atomic E-state index is 0.463. The van der Waals surface area contributed by atoms with Crippen molar-refractivity contribution in [2.75, 3.05) is 13.2 Å². The summed E-state index contributed by atoms with van der Waals surface area (Å²) in [6, 6.07) is 5.07. The van der Waals surface area contributed by atoms with Crippen molar-refractivity contribution in [3.63, 3.8) is 0 Å². The predicted octanol–water partition coefficient (Wildman–Crippen LogP) is 4.22. The summed E-state index contributed by atoms with van der Waals surface area (Å²) in [6.45, 7) is 10.8. The summed E-state index contributed by atoms with van der Waals surface area (Å²) in [6.07, 6.45) is 5.31. The van der Waals surface area contributed by atoms with E-state index < -0.39 is 0 Å². The van der Waals surface area contributed by atoms with Crippen molar-refractivity contribution in [1.82, 2.24) is 5.32 Å². The lowest BCUT2D eigenvalue weighted by molar-refractivity contribution is 0.0996. The van der Waals surface area contributed by atoms with Crippen LogP contribution in [-0.2, 0) is 4.74 Å². The lowest BCUT2D eigenvalue weighted by Crippen LogP contribution is -2.24. The summed E-state index contributed by atoms with van der Waals surface area (Å²) in [5.74, 6) is 0. The van der Waals surface area contributed by atoms with Crippen LogP contribution >= 0.6 is 0 Å². The fraction of sp³-hybridized carbons (Fsp3) is 0.667. The first-order chi connectivity index (χ1) is 9.61. The van der Waals surface area contributed by atoms with Gasteiger partial charge in [-0.3, -0.25) is 0 Å².